The summed E-state index contributed by atoms with van der Waals surface area (Å²) in [4.78, 5) is 23.6. The number of carboxylic acids is 1. The average molecular weight is 386 g/mol. The highest BCUT2D eigenvalue weighted by molar-refractivity contribution is 5.75. The number of nitrogens with one attached hydrogen (secondary N) is 2. The van der Waals surface area contributed by atoms with E-state index in [2.05, 4.69) is 15.7 Å². The minimum atomic E-state index is -0.874. The second-order valence-electron chi connectivity index (χ2n) is 7.00. The van der Waals surface area contributed by atoms with Crippen molar-refractivity contribution in [1.29, 1.82) is 0 Å². The van der Waals surface area contributed by atoms with E-state index in [0.717, 1.165) is 11.3 Å². The molecule has 3 N–H and O–H groups in total. The van der Waals surface area contributed by atoms with Gasteiger partial charge in [0.2, 0.25) is 0 Å². The normalized spacial score (nSPS) is 19.9. The zero-order valence-electron chi connectivity index (χ0n) is 15.9. The number of aryl methyl sites for hydroxylation is 1. The van der Waals surface area contributed by atoms with Crippen molar-refractivity contribution in [2.45, 2.75) is 43.9 Å². The Kier molecular flexibility index (Phi) is 6.65. The summed E-state index contributed by atoms with van der Waals surface area (Å²) in [6, 6.07) is 10.9. The Balaban J connectivity index is 1.60. The van der Waals surface area contributed by atoms with Crippen LogP contribution in [0.15, 0.2) is 42.6 Å². The van der Waals surface area contributed by atoms with Crippen molar-refractivity contribution in [3.63, 3.8) is 0 Å². The van der Waals surface area contributed by atoms with Crippen LogP contribution in [0.2, 0.25) is 0 Å². The fourth-order valence-corrected chi connectivity index (χ4v) is 3.51. The topological polar surface area (TPSA) is 105 Å². The van der Waals surface area contributed by atoms with Gasteiger partial charge in [0.05, 0.1) is 11.7 Å². The van der Waals surface area contributed by atoms with Crippen LogP contribution < -0.4 is 10.6 Å². The average Bonchev–Trinajstić information content (AvgIpc) is 3.28. The molecule has 2 aromatic rings. The summed E-state index contributed by atoms with van der Waals surface area (Å²) in [5, 5.41) is 19.1. The molecule has 3 rings (SSSR count). The van der Waals surface area contributed by atoms with Crippen LogP contribution >= 0.6 is 0 Å². The highest BCUT2D eigenvalue weighted by Gasteiger charge is 2.33. The van der Waals surface area contributed by atoms with E-state index in [4.69, 9.17) is 9.84 Å². The molecule has 150 valence electrons. The predicted molar refractivity (Wildman–Crippen MR) is 103 cm³/mol. The van der Waals surface area contributed by atoms with Gasteiger partial charge in [-0.1, -0.05) is 30.3 Å². The summed E-state index contributed by atoms with van der Waals surface area (Å²) in [7, 11) is 1.84. The molecule has 1 fully saturated rings. The van der Waals surface area contributed by atoms with Crippen LogP contribution in [-0.2, 0) is 23.0 Å². The van der Waals surface area contributed by atoms with E-state index in [9.17, 15) is 9.59 Å². The lowest BCUT2D eigenvalue weighted by atomic mass is 10.0. The second kappa shape index (κ2) is 9.36. The molecule has 1 aliphatic rings. The molecule has 1 aromatic heterocycles. The number of benzene rings is 1. The highest BCUT2D eigenvalue weighted by Crippen LogP contribution is 2.28. The van der Waals surface area contributed by atoms with Gasteiger partial charge in [-0.3, -0.25) is 9.48 Å². The number of hydrogen-bond acceptors (Lipinski definition) is 4. The van der Waals surface area contributed by atoms with Crippen molar-refractivity contribution in [2.24, 2.45) is 7.05 Å². The molecule has 1 unspecified atom stereocenters. The van der Waals surface area contributed by atoms with Crippen LogP contribution in [0.4, 0.5) is 4.79 Å². The molecule has 2 amide bonds. The number of urea groups is 1. The molecule has 0 saturated carbocycles. The molecule has 1 aliphatic heterocycles. The Morgan fingerprint density at radius 2 is 2.11 bits per heavy atom. The maximum atomic E-state index is 12.6. The number of ether oxygens (including phenoxy) is 1. The molecule has 3 atom stereocenters. The molecule has 0 aliphatic carbocycles. The quantitative estimate of drug-likeness (QED) is 0.644. The first kappa shape index (κ1) is 19.9. The van der Waals surface area contributed by atoms with Crippen LogP contribution in [0.1, 0.15) is 36.6 Å². The van der Waals surface area contributed by atoms with E-state index in [0.29, 0.717) is 25.9 Å². The fraction of sp³-hybridized carbons (Fsp3) is 0.450. The Labute approximate surface area is 163 Å². The van der Waals surface area contributed by atoms with Crippen LogP contribution in [0.3, 0.4) is 0 Å². The van der Waals surface area contributed by atoms with Gasteiger partial charge in [0.1, 0.15) is 6.10 Å². The Morgan fingerprint density at radius 3 is 2.79 bits per heavy atom. The van der Waals surface area contributed by atoms with Gasteiger partial charge >= 0.3 is 12.0 Å². The summed E-state index contributed by atoms with van der Waals surface area (Å²) in [5.74, 6) is -0.874. The first-order chi connectivity index (χ1) is 13.5. The van der Waals surface area contributed by atoms with Crippen molar-refractivity contribution < 1.29 is 19.4 Å². The molecule has 2 heterocycles. The van der Waals surface area contributed by atoms with Gasteiger partial charge in [-0.15, -0.1) is 0 Å². The van der Waals surface area contributed by atoms with Crippen molar-refractivity contribution in [2.75, 3.05) is 6.61 Å². The lowest BCUT2D eigenvalue weighted by Crippen LogP contribution is -2.48. The number of amides is 2. The van der Waals surface area contributed by atoms with Gasteiger partial charge in [0.25, 0.3) is 0 Å². The number of nitrogens with zero attached hydrogens (tertiary/aromatic N) is 2. The standard InChI is InChI=1S/C20H26N4O4/c1-24-17(9-11-21-24)19-16(10-12-28-19)23-20(27)22-15(7-8-18(25)26)13-14-5-3-2-4-6-14/h2-6,9,11,15-16,19H,7-8,10,12-13H2,1H3,(H,25,26)(H2,22,23,27)/t15?,16-,19-/m0/s1. The molecule has 28 heavy (non-hydrogen) atoms. The summed E-state index contributed by atoms with van der Waals surface area (Å²) < 4.78 is 7.53. The second-order valence-corrected chi connectivity index (χ2v) is 7.00. The number of hydrogen-bond donors (Lipinski definition) is 3. The van der Waals surface area contributed by atoms with Crippen LogP contribution in [0.25, 0.3) is 0 Å². The Morgan fingerprint density at radius 1 is 1.32 bits per heavy atom. The van der Waals surface area contributed by atoms with Crippen molar-refractivity contribution >= 4 is 12.0 Å². The molecule has 0 radical (unpaired) electrons. The molecular formula is C20H26N4O4. The number of carbonyl (C=O) groups excluding carboxylic acids is 1. The molecule has 0 bridgehead atoms. The monoisotopic (exact) mass is 386 g/mol. The third-order valence-electron chi connectivity index (χ3n) is 4.93. The third-order valence-corrected chi connectivity index (χ3v) is 4.93. The van der Waals surface area contributed by atoms with Crippen LogP contribution in [0, 0.1) is 0 Å². The number of aromatic nitrogens is 2. The van der Waals surface area contributed by atoms with E-state index in [1.54, 1.807) is 10.9 Å². The van der Waals surface area contributed by atoms with E-state index in [1.807, 2.05) is 43.4 Å². The van der Waals surface area contributed by atoms with Crippen molar-refractivity contribution in [3.8, 4) is 0 Å². The van der Waals surface area contributed by atoms with E-state index in [1.165, 1.54) is 0 Å². The zero-order valence-corrected chi connectivity index (χ0v) is 15.9. The largest absolute Gasteiger partial charge is 0.481 e. The van der Waals surface area contributed by atoms with Crippen molar-refractivity contribution in [1.82, 2.24) is 20.4 Å². The van der Waals surface area contributed by atoms with Gasteiger partial charge in [-0.2, -0.15) is 5.10 Å². The summed E-state index contributed by atoms with van der Waals surface area (Å²) in [5.41, 5.74) is 1.96. The molecule has 8 nitrogen and oxygen atoms in total. The number of aliphatic carboxylic acids is 1. The number of carboxylic acid groups (broad SMARTS) is 1. The van der Waals surface area contributed by atoms with Crippen LogP contribution in [-0.4, -0.2) is 45.6 Å². The number of carbonyl (C=O) groups is 2. The van der Waals surface area contributed by atoms with Crippen molar-refractivity contribution in [3.05, 3.63) is 53.9 Å². The minimum absolute atomic E-state index is 0.00195. The highest BCUT2D eigenvalue weighted by atomic mass is 16.5. The lowest BCUT2D eigenvalue weighted by Gasteiger charge is -2.23. The first-order valence-electron chi connectivity index (χ1n) is 9.45. The molecular weight excluding hydrogens is 360 g/mol. The summed E-state index contributed by atoms with van der Waals surface area (Å²) >= 11 is 0. The molecule has 1 aromatic carbocycles. The summed E-state index contributed by atoms with van der Waals surface area (Å²) in [6.45, 7) is 0.563. The van der Waals surface area contributed by atoms with Gasteiger partial charge in [-0.25, -0.2) is 4.79 Å². The van der Waals surface area contributed by atoms with Crippen LogP contribution in [0.5, 0.6) is 0 Å². The predicted octanol–water partition coefficient (Wildman–Crippen LogP) is 2.03. The Hall–Kier alpha value is -2.87. The fourth-order valence-electron chi connectivity index (χ4n) is 3.51. The van der Waals surface area contributed by atoms with E-state index < -0.39 is 5.97 Å². The molecule has 0 spiro atoms. The maximum absolute atomic E-state index is 12.6. The maximum Gasteiger partial charge on any atom is 0.315 e. The van der Waals surface area contributed by atoms with Gasteiger partial charge in [0.15, 0.2) is 0 Å². The third kappa shape index (κ3) is 5.32. The minimum Gasteiger partial charge on any atom is -0.481 e. The first-order valence-corrected chi connectivity index (χ1v) is 9.45. The molecule has 1 saturated heterocycles. The number of rotatable bonds is 8. The SMILES string of the molecule is Cn1nccc1[C@H]1OCC[C@@H]1NC(=O)NC(CCC(=O)O)Cc1ccccc1. The van der Waals surface area contributed by atoms with E-state index in [-0.39, 0.29) is 30.6 Å². The molecule has 8 heteroatoms. The van der Waals surface area contributed by atoms with Gasteiger partial charge in [-0.05, 0) is 30.9 Å². The zero-order chi connectivity index (χ0) is 19.9. The van der Waals surface area contributed by atoms with E-state index >= 15 is 0 Å². The van der Waals surface area contributed by atoms with Gasteiger partial charge in [0, 0.05) is 32.3 Å². The van der Waals surface area contributed by atoms with Gasteiger partial charge < -0.3 is 20.5 Å². The smallest absolute Gasteiger partial charge is 0.315 e. The summed E-state index contributed by atoms with van der Waals surface area (Å²) in [6.07, 6.45) is 3.11. The lowest BCUT2D eigenvalue weighted by molar-refractivity contribution is -0.137. The Bertz CT molecular complexity index is 793.